The summed E-state index contributed by atoms with van der Waals surface area (Å²) in [6.07, 6.45) is 2.21. The zero-order valence-electron chi connectivity index (χ0n) is 8.18. The van der Waals surface area contributed by atoms with E-state index in [0.717, 1.165) is 12.8 Å². The molecular formula is C11H16IN. The number of halogens is 1. The number of nitrogens with two attached hydrogens (primary N) is 1. The van der Waals surface area contributed by atoms with Crippen molar-refractivity contribution in [2.24, 2.45) is 5.73 Å². The SMILES string of the molecule is CCC[C@@H](N)c1cccc(C)c1I. The van der Waals surface area contributed by atoms with E-state index in [2.05, 4.69) is 54.6 Å². The molecule has 0 heterocycles. The second-order valence-electron chi connectivity index (χ2n) is 3.37. The van der Waals surface area contributed by atoms with Gasteiger partial charge in [0.15, 0.2) is 0 Å². The maximum atomic E-state index is 6.07. The molecule has 1 aromatic carbocycles. The van der Waals surface area contributed by atoms with Crippen molar-refractivity contribution < 1.29 is 0 Å². The first-order valence-corrected chi connectivity index (χ1v) is 5.75. The third kappa shape index (κ3) is 2.68. The fraction of sp³-hybridized carbons (Fsp3) is 0.455. The van der Waals surface area contributed by atoms with Crippen molar-refractivity contribution in [3.8, 4) is 0 Å². The van der Waals surface area contributed by atoms with Gasteiger partial charge in [-0.1, -0.05) is 31.5 Å². The van der Waals surface area contributed by atoms with Gasteiger partial charge >= 0.3 is 0 Å². The maximum absolute atomic E-state index is 6.07. The van der Waals surface area contributed by atoms with Crippen molar-refractivity contribution in [3.05, 3.63) is 32.9 Å². The summed E-state index contributed by atoms with van der Waals surface area (Å²) in [6, 6.07) is 6.55. The third-order valence-electron chi connectivity index (χ3n) is 2.22. The van der Waals surface area contributed by atoms with E-state index in [-0.39, 0.29) is 6.04 Å². The van der Waals surface area contributed by atoms with Gasteiger partial charge in [0.1, 0.15) is 0 Å². The van der Waals surface area contributed by atoms with Gasteiger partial charge in [0.25, 0.3) is 0 Å². The smallest absolute Gasteiger partial charge is 0.0305 e. The average molecular weight is 289 g/mol. The molecule has 1 atom stereocenters. The molecule has 0 unspecified atom stereocenters. The Hall–Kier alpha value is -0.0900. The van der Waals surface area contributed by atoms with Crippen LogP contribution in [0.15, 0.2) is 18.2 Å². The fourth-order valence-corrected chi connectivity index (χ4v) is 2.18. The fourth-order valence-electron chi connectivity index (χ4n) is 1.42. The predicted octanol–water partition coefficient (Wildman–Crippen LogP) is 3.40. The van der Waals surface area contributed by atoms with E-state index in [1.165, 1.54) is 14.7 Å². The average Bonchev–Trinajstić information content (AvgIpc) is 2.10. The van der Waals surface area contributed by atoms with Crippen LogP contribution in [0.4, 0.5) is 0 Å². The lowest BCUT2D eigenvalue weighted by atomic mass is 10.0. The van der Waals surface area contributed by atoms with Crippen LogP contribution in [0.1, 0.15) is 36.9 Å². The van der Waals surface area contributed by atoms with Gasteiger partial charge in [-0.15, -0.1) is 0 Å². The van der Waals surface area contributed by atoms with Gasteiger partial charge in [-0.25, -0.2) is 0 Å². The van der Waals surface area contributed by atoms with Gasteiger partial charge in [0.05, 0.1) is 0 Å². The Balaban J connectivity index is 2.93. The van der Waals surface area contributed by atoms with Crippen LogP contribution in [0, 0.1) is 10.5 Å². The quantitative estimate of drug-likeness (QED) is 0.848. The molecule has 0 amide bonds. The van der Waals surface area contributed by atoms with E-state index in [9.17, 15) is 0 Å². The van der Waals surface area contributed by atoms with E-state index in [1.54, 1.807) is 0 Å². The van der Waals surface area contributed by atoms with Crippen LogP contribution < -0.4 is 5.73 Å². The molecule has 1 nitrogen and oxygen atoms in total. The lowest BCUT2D eigenvalue weighted by molar-refractivity contribution is 0.635. The molecule has 0 aliphatic carbocycles. The number of benzene rings is 1. The molecule has 0 aliphatic rings. The number of hydrogen-bond acceptors (Lipinski definition) is 1. The highest BCUT2D eigenvalue weighted by Crippen LogP contribution is 2.24. The zero-order chi connectivity index (χ0) is 9.84. The Morgan fingerprint density at radius 1 is 1.46 bits per heavy atom. The lowest BCUT2D eigenvalue weighted by Crippen LogP contribution is -2.11. The monoisotopic (exact) mass is 289 g/mol. The van der Waals surface area contributed by atoms with Gasteiger partial charge in [-0.2, -0.15) is 0 Å². The highest BCUT2D eigenvalue weighted by Gasteiger charge is 2.09. The summed E-state index contributed by atoms with van der Waals surface area (Å²) in [5.41, 5.74) is 8.69. The van der Waals surface area contributed by atoms with Gasteiger partial charge in [-0.3, -0.25) is 0 Å². The van der Waals surface area contributed by atoms with Gasteiger partial charge in [0, 0.05) is 9.61 Å². The number of rotatable bonds is 3. The molecule has 0 spiro atoms. The van der Waals surface area contributed by atoms with Gasteiger partial charge in [0.2, 0.25) is 0 Å². The molecule has 0 bridgehead atoms. The van der Waals surface area contributed by atoms with Crippen LogP contribution in [-0.4, -0.2) is 0 Å². The first kappa shape index (κ1) is 11.0. The predicted molar refractivity (Wildman–Crippen MR) is 65.7 cm³/mol. The van der Waals surface area contributed by atoms with Crippen LogP contribution >= 0.6 is 22.6 Å². The Morgan fingerprint density at radius 3 is 2.77 bits per heavy atom. The first-order chi connectivity index (χ1) is 6.16. The Labute approximate surface area is 93.9 Å². The normalized spacial score (nSPS) is 12.9. The van der Waals surface area contributed by atoms with Crippen LogP contribution in [0.25, 0.3) is 0 Å². The van der Waals surface area contributed by atoms with Crippen molar-refractivity contribution in [2.75, 3.05) is 0 Å². The second-order valence-corrected chi connectivity index (χ2v) is 4.45. The molecule has 0 radical (unpaired) electrons. The van der Waals surface area contributed by atoms with Crippen molar-refractivity contribution in [1.29, 1.82) is 0 Å². The Kier molecular flexibility index (Phi) is 4.19. The Bertz CT molecular complexity index is 283. The summed E-state index contributed by atoms with van der Waals surface area (Å²) in [5, 5.41) is 0. The van der Waals surface area contributed by atoms with Crippen LogP contribution in [0.2, 0.25) is 0 Å². The largest absolute Gasteiger partial charge is 0.324 e. The van der Waals surface area contributed by atoms with E-state index in [1.807, 2.05) is 0 Å². The number of hydrogen-bond donors (Lipinski definition) is 1. The third-order valence-corrected chi connectivity index (χ3v) is 3.69. The van der Waals surface area contributed by atoms with Crippen molar-refractivity contribution >= 4 is 22.6 Å². The summed E-state index contributed by atoms with van der Waals surface area (Å²) in [7, 11) is 0. The first-order valence-electron chi connectivity index (χ1n) is 4.67. The molecule has 0 aromatic heterocycles. The highest BCUT2D eigenvalue weighted by molar-refractivity contribution is 14.1. The van der Waals surface area contributed by atoms with Crippen molar-refractivity contribution in [3.63, 3.8) is 0 Å². The molecule has 1 aromatic rings. The molecule has 0 saturated heterocycles. The molecular weight excluding hydrogens is 273 g/mol. The highest BCUT2D eigenvalue weighted by atomic mass is 127. The van der Waals surface area contributed by atoms with E-state index < -0.39 is 0 Å². The van der Waals surface area contributed by atoms with Crippen LogP contribution in [0.3, 0.4) is 0 Å². The summed E-state index contributed by atoms with van der Waals surface area (Å²) < 4.78 is 1.32. The van der Waals surface area contributed by atoms with Crippen LogP contribution in [0.5, 0.6) is 0 Å². The molecule has 2 N–H and O–H groups in total. The Morgan fingerprint density at radius 2 is 2.15 bits per heavy atom. The minimum absolute atomic E-state index is 0.205. The molecule has 72 valence electrons. The van der Waals surface area contributed by atoms with Gasteiger partial charge < -0.3 is 5.73 Å². The maximum Gasteiger partial charge on any atom is 0.0305 e. The molecule has 1 rings (SSSR count). The van der Waals surface area contributed by atoms with Crippen LogP contribution in [-0.2, 0) is 0 Å². The number of aryl methyl sites for hydroxylation is 1. The van der Waals surface area contributed by atoms with E-state index in [0.29, 0.717) is 0 Å². The molecule has 2 heteroatoms. The lowest BCUT2D eigenvalue weighted by Gasteiger charge is -2.14. The topological polar surface area (TPSA) is 26.0 Å². The van der Waals surface area contributed by atoms with E-state index in [4.69, 9.17) is 5.73 Å². The summed E-state index contributed by atoms with van der Waals surface area (Å²) >= 11 is 2.38. The molecule has 0 saturated carbocycles. The molecule has 0 aliphatic heterocycles. The van der Waals surface area contributed by atoms with Crippen molar-refractivity contribution in [1.82, 2.24) is 0 Å². The zero-order valence-corrected chi connectivity index (χ0v) is 10.3. The second kappa shape index (κ2) is 4.96. The van der Waals surface area contributed by atoms with E-state index >= 15 is 0 Å². The summed E-state index contributed by atoms with van der Waals surface area (Å²) in [6.45, 7) is 4.30. The minimum atomic E-state index is 0.205. The molecule has 0 fully saturated rings. The summed E-state index contributed by atoms with van der Waals surface area (Å²) in [4.78, 5) is 0. The summed E-state index contributed by atoms with van der Waals surface area (Å²) in [5.74, 6) is 0. The standard InChI is InChI=1S/C11H16IN/c1-3-5-10(13)9-7-4-6-8(2)11(9)12/h4,6-7,10H,3,5,13H2,1-2H3/t10-/m1/s1. The molecule has 13 heavy (non-hydrogen) atoms. The van der Waals surface area contributed by atoms with Gasteiger partial charge in [-0.05, 0) is 47.1 Å². The van der Waals surface area contributed by atoms with Crippen molar-refractivity contribution in [2.45, 2.75) is 32.7 Å². The minimum Gasteiger partial charge on any atom is -0.324 e.